The number of nitrogens with one attached hydrogen (secondary N) is 2. The Morgan fingerprint density at radius 2 is 1.84 bits per heavy atom. The van der Waals surface area contributed by atoms with Gasteiger partial charge in [-0.15, -0.1) is 0 Å². The van der Waals surface area contributed by atoms with Crippen LogP contribution in [0, 0.1) is 0 Å². The van der Waals surface area contributed by atoms with Crippen molar-refractivity contribution >= 4 is 35.0 Å². The van der Waals surface area contributed by atoms with E-state index in [2.05, 4.69) is 15.7 Å². The number of aliphatic carboxylic acids is 1. The highest BCUT2D eigenvalue weighted by atomic mass is 35.5. The highest BCUT2D eigenvalue weighted by molar-refractivity contribution is 6.30. The van der Waals surface area contributed by atoms with E-state index in [0.717, 1.165) is 5.56 Å². The molecule has 3 N–H and O–H groups in total. The number of benzene rings is 2. The number of halogens is 1. The molecule has 0 spiro atoms. The molecule has 0 saturated carbocycles. The molecule has 0 saturated heterocycles. The van der Waals surface area contributed by atoms with E-state index in [-0.39, 0.29) is 17.1 Å². The Kier molecular flexibility index (Phi) is 5.74. The van der Waals surface area contributed by atoms with Crippen LogP contribution < -0.4 is 20.1 Å². The second kappa shape index (κ2) is 8.64. The highest BCUT2D eigenvalue weighted by Gasteiger charge is 2.29. The number of hydrogen-bond donors (Lipinski definition) is 3. The Hall–Kier alpha value is -3.98. The van der Waals surface area contributed by atoms with Crippen molar-refractivity contribution in [2.45, 2.75) is 6.04 Å². The number of aromatic nitrogens is 2. The number of carboxylic acid groups (broad SMARTS) is 1. The number of anilines is 2. The third-order valence-corrected chi connectivity index (χ3v) is 5.22. The second-order valence-electron chi connectivity index (χ2n) is 6.88. The van der Waals surface area contributed by atoms with Gasteiger partial charge in [-0.25, -0.2) is 9.48 Å². The Labute approximate surface area is 188 Å². The first kappa shape index (κ1) is 21.3. The molecule has 3 aromatic rings. The van der Waals surface area contributed by atoms with Gasteiger partial charge >= 0.3 is 5.97 Å². The maximum atomic E-state index is 13.0. The van der Waals surface area contributed by atoms with Crippen LogP contribution in [0.5, 0.6) is 11.5 Å². The monoisotopic (exact) mass is 454 g/mol. The third-order valence-electron chi connectivity index (χ3n) is 4.96. The van der Waals surface area contributed by atoms with Crippen molar-refractivity contribution in [1.29, 1.82) is 0 Å². The molecule has 4 rings (SSSR count). The molecule has 1 atom stereocenters. The van der Waals surface area contributed by atoms with E-state index in [1.807, 2.05) is 0 Å². The van der Waals surface area contributed by atoms with Gasteiger partial charge in [-0.05, 0) is 35.9 Å². The van der Waals surface area contributed by atoms with Crippen molar-refractivity contribution in [3.05, 3.63) is 76.6 Å². The van der Waals surface area contributed by atoms with E-state index in [9.17, 15) is 14.7 Å². The average Bonchev–Trinajstić information content (AvgIpc) is 3.23. The number of methoxy groups -OCH3 is 2. The molecule has 1 aliphatic heterocycles. The number of carbonyl (C=O) groups excluding carboxylic acids is 1. The first-order valence-corrected chi connectivity index (χ1v) is 9.87. The first-order valence-electron chi connectivity index (χ1n) is 9.49. The summed E-state index contributed by atoms with van der Waals surface area (Å²) in [7, 11) is 3.02. The zero-order valence-corrected chi connectivity index (χ0v) is 17.9. The van der Waals surface area contributed by atoms with E-state index in [0.29, 0.717) is 22.2 Å². The predicted octanol–water partition coefficient (Wildman–Crippen LogP) is 3.79. The number of carboxylic acids is 1. The van der Waals surface area contributed by atoms with Gasteiger partial charge in [-0.2, -0.15) is 5.10 Å². The molecule has 1 aliphatic rings. The normalized spacial score (nSPS) is 14.6. The number of fused-ring (bicyclic) bond motifs is 1. The maximum absolute atomic E-state index is 13.0. The summed E-state index contributed by atoms with van der Waals surface area (Å²) in [6, 6.07) is 11.4. The largest absolute Gasteiger partial charge is 0.493 e. The number of nitrogens with zero attached hydrogens (tertiary/aromatic N) is 2. The minimum Gasteiger partial charge on any atom is -0.493 e. The van der Waals surface area contributed by atoms with Gasteiger partial charge in [0.1, 0.15) is 17.1 Å². The van der Waals surface area contributed by atoms with Crippen LogP contribution in [-0.2, 0) is 4.79 Å². The van der Waals surface area contributed by atoms with Crippen molar-refractivity contribution in [1.82, 2.24) is 9.78 Å². The van der Waals surface area contributed by atoms with Crippen LogP contribution >= 0.6 is 11.6 Å². The zero-order chi connectivity index (χ0) is 22.8. The third kappa shape index (κ3) is 3.97. The molecule has 0 aliphatic carbocycles. The topological polar surface area (TPSA) is 115 Å². The summed E-state index contributed by atoms with van der Waals surface area (Å²) in [6.07, 6.45) is 2.92. The second-order valence-corrected chi connectivity index (χ2v) is 7.32. The molecule has 9 nitrogen and oxygen atoms in total. The molecule has 0 bridgehead atoms. The number of carbonyl (C=O) groups is 2. The molecule has 164 valence electrons. The Morgan fingerprint density at radius 1 is 1.12 bits per heavy atom. The van der Waals surface area contributed by atoms with E-state index in [1.165, 1.54) is 26.5 Å². The minimum atomic E-state index is -1.15. The molecule has 0 unspecified atom stereocenters. The molecule has 0 radical (unpaired) electrons. The van der Waals surface area contributed by atoms with Gasteiger partial charge in [-0.1, -0.05) is 23.7 Å². The fourth-order valence-corrected chi connectivity index (χ4v) is 3.52. The summed E-state index contributed by atoms with van der Waals surface area (Å²) in [5.41, 5.74) is 1.38. The van der Waals surface area contributed by atoms with Crippen molar-refractivity contribution < 1.29 is 24.2 Å². The van der Waals surface area contributed by atoms with Gasteiger partial charge in [0.15, 0.2) is 11.5 Å². The Morgan fingerprint density at radius 3 is 2.50 bits per heavy atom. The van der Waals surface area contributed by atoms with Gasteiger partial charge in [-0.3, -0.25) is 4.79 Å². The fraction of sp³-hybridized carbons (Fsp3) is 0.136. The lowest BCUT2D eigenvalue weighted by Gasteiger charge is -2.24. The molecule has 1 aromatic heterocycles. The summed E-state index contributed by atoms with van der Waals surface area (Å²) < 4.78 is 12.0. The van der Waals surface area contributed by atoms with Crippen LogP contribution in [0.25, 0.3) is 0 Å². The molecular formula is C22H19ClN4O5. The lowest BCUT2D eigenvalue weighted by atomic mass is 10.0. The van der Waals surface area contributed by atoms with Crippen LogP contribution in [-0.4, -0.2) is 41.0 Å². The quantitative estimate of drug-likeness (QED) is 0.519. The van der Waals surface area contributed by atoms with Gasteiger partial charge in [0.2, 0.25) is 0 Å². The lowest BCUT2D eigenvalue weighted by Crippen LogP contribution is -2.25. The number of hydrogen-bond acceptors (Lipinski definition) is 6. The zero-order valence-electron chi connectivity index (χ0n) is 17.1. The van der Waals surface area contributed by atoms with Gasteiger partial charge in [0, 0.05) is 16.8 Å². The van der Waals surface area contributed by atoms with Crippen molar-refractivity contribution in [3.8, 4) is 11.5 Å². The molecule has 32 heavy (non-hydrogen) atoms. The minimum absolute atomic E-state index is 0.0573. The number of ether oxygens (including phenoxy) is 2. The van der Waals surface area contributed by atoms with E-state index >= 15 is 0 Å². The van der Waals surface area contributed by atoms with Crippen LogP contribution in [0.4, 0.5) is 11.5 Å². The number of rotatable bonds is 6. The smallest absolute Gasteiger partial charge is 0.352 e. The molecular weight excluding hydrogens is 436 g/mol. The van der Waals surface area contributed by atoms with Gasteiger partial charge < -0.3 is 25.2 Å². The average molecular weight is 455 g/mol. The SMILES string of the molecule is COc1ccc(NC(=O)c2cnn3c2NC(C(=O)O)=C[C@H]3c2ccc(Cl)cc2)cc1OC. The molecule has 0 fully saturated rings. The highest BCUT2D eigenvalue weighted by Crippen LogP contribution is 2.34. The summed E-state index contributed by atoms with van der Waals surface area (Å²) in [5, 5.41) is 20.0. The van der Waals surface area contributed by atoms with E-state index in [4.69, 9.17) is 21.1 Å². The number of allylic oxidation sites excluding steroid dienone is 1. The fourth-order valence-electron chi connectivity index (χ4n) is 3.40. The molecule has 10 heteroatoms. The van der Waals surface area contributed by atoms with Crippen LogP contribution in [0.15, 0.2) is 60.4 Å². The lowest BCUT2D eigenvalue weighted by molar-refractivity contribution is -0.132. The number of amides is 1. The standard InChI is InChI=1S/C22H19ClN4O5/c1-31-18-8-7-14(9-19(18)32-2)25-21(28)15-11-24-27-17(12-3-5-13(23)6-4-12)10-16(22(29)30)26-20(15)27/h3-11,17,26H,1-2H3,(H,25,28)(H,29,30)/t17-/m0/s1. The maximum Gasteiger partial charge on any atom is 0.352 e. The van der Waals surface area contributed by atoms with E-state index in [1.54, 1.807) is 47.1 Å². The summed E-state index contributed by atoms with van der Waals surface area (Å²) in [6.45, 7) is 0. The Bertz CT molecular complexity index is 1220. The summed E-state index contributed by atoms with van der Waals surface area (Å²) >= 11 is 5.98. The van der Waals surface area contributed by atoms with Gasteiger partial charge in [0.05, 0.1) is 26.5 Å². The van der Waals surface area contributed by atoms with Crippen molar-refractivity contribution in [3.63, 3.8) is 0 Å². The summed E-state index contributed by atoms with van der Waals surface area (Å²) in [5.74, 6) is -0.366. The molecule has 2 heterocycles. The van der Waals surface area contributed by atoms with Crippen LogP contribution in [0.1, 0.15) is 22.0 Å². The van der Waals surface area contributed by atoms with Crippen LogP contribution in [0.3, 0.4) is 0 Å². The molecule has 1 amide bonds. The van der Waals surface area contributed by atoms with Gasteiger partial charge in [0.25, 0.3) is 5.91 Å². The summed E-state index contributed by atoms with van der Waals surface area (Å²) in [4.78, 5) is 24.7. The van der Waals surface area contributed by atoms with E-state index < -0.39 is 17.9 Å². The predicted molar refractivity (Wildman–Crippen MR) is 119 cm³/mol. The van der Waals surface area contributed by atoms with Crippen molar-refractivity contribution in [2.24, 2.45) is 0 Å². The molecule has 2 aromatic carbocycles. The van der Waals surface area contributed by atoms with Crippen molar-refractivity contribution in [2.75, 3.05) is 24.9 Å². The first-order chi connectivity index (χ1) is 15.4. The van der Waals surface area contributed by atoms with Crippen LogP contribution in [0.2, 0.25) is 5.02 Å². The Balaban J connectivity index is 1.68.